The van der Waals surface area contributed by atoms with E-state index in [-0.39, 0.29) is 17.4 Å². The number of hydrogen-bond donors (Lipinski definition) is 2. The Morgan fingerprint density at radius 2 is 2.25 bits per heavy atom. The molecule has 0 aliphatic carbocycles. The van der Waals surface area contributed by atoms with E-state index in [1.807, 2.05) is 20.8 Å². The Kier molecular flexibility index (Phi) is 2.46. The molecule has 0 radical (unpaired) electrons. The van der Waals surface area contributed by atoms with Crippen molar-refractivity contribution in [3.8, 4) is 5.88 Å². The van der Waals surface area contributed by atoms with Gasteiger partial charge in [0.15, 0.2) is 0 Å². The fraction of sp³-hybridized carbons (Fsp3) is 0.455. The lowest BCUT2D eigenvalue weighted by molar-refractivity contribution is 0.422. The molecule has 0 unspecified atom stereocenters. The molecule has 5 nitrogen and oxygen atoms in total. The molecule has 0 fully saturated rings. The van der Waals surface area contributed by atoms with Gasteiger partial charge in [-0.2, -0.15) is 9.61 Å². The highest BCUT2D eigenvalue weighted by Gasteiger charge is 2.16. The van der Waals surface area contributed by atoms with Gasteiger partial charge in [0.2, 0.25) is 5.88 Å². The fourth-order valence-corrected chi connectivity index (χ4v) is 1.77. The molecule has 2 rings (SSSR count). The lowest BCUT2D eigenvalue weighted by Gasteiger charge is -2.07. The summed E-state index contributed by atoms with van der Waals surface area (Å²) in [4.78, 5) is 14.5. The molecule has 0 atom stereocenters. The Hall–Kier alpha value is -1.78. The van der Waals surface area contributed by atoms with Crippen molar-refractivity contribution in [3.05, 3.63) is 27.7 Å². The molecule has 0 aliphatic heterocycles. The summed E-state index contributed by atoms with van der Waals surface area (Å²) in [6.45, 7) is 5.70. The number of rotatable bonds is 2. The molecule has 0 aliphatic rings. The van der Waals surface area contributed by atoms with Gasteiger partial charge in [-0.25, -0.2) is 0 Å². The number of aromatic amines is 1. The van der Waals surface area contributed by atoms with E-state index in [2.05, 4.69) is 10.1 Å². The van der Waals surface area contributed by atoms with Gasteiger partial charge >= 0.3 is 0 Å². The first-order valence-corrected chi connectivity index (χ1v) is 5.38. The molecule has 0 aromatic carbocycles. The van der Waals surface area contributed by atoms with Gasteiger partial charge < -0.3 is 10.1 Å². The van der Waals surface area contributed by atoms with Gasteiger partial charge in [-0.15, -0.1) is 0 Å². The van der Waals surface area contributed by atoms with E-state index >= 15 is 0 Å². The zero-order chi connectivity index (χ0) is 11.9. The summed E-state index contributed by atoms with van der Waals surface area (Å²) < 4.78 is 1.38. The quantitative estimate of drug-likeness (QED) is 0.805. The number of aryl methyl sites for hydroxylation is 1. The van der Waals surface area contributed by atoms with Gasteiger partial charge in [0, 0.05) is 6.07 Å². The molecule has 0 saturated carbocycles. The van der Waals surface area contributed by atoms with Crippen LogP contribution in [0.3, 0.4) is 0 Å². The summed E-state index contributed by atoms with van der Waals surface area (Å²) in [7, 11) is 0. The number of fused-ring (bicyclic) bond motifs is 1. The van der Waals surface area contributed by atoms with Crippen molar-refractivity contribution in [2.45, 2.75) is 33.1 Å². The van der Waals surface area contributed by atoms with E-state index in [1.54, 1.807) is 6.07 Å². The van der Waals surface area contributed by atoms with E-state index in [0.717, 1.165) is 12.1 Å². The highest BCUT2D eigenvalue weighted by molar-refractivity contribution is 5.44. The van der Waals surface area contributed by atoms with Gasteiger partial charge in [0.25, 0.3) is 5.56 Å². The van der Waals surface area contributed by atoms with Crippen molar-refractivity contribution >= 4 is 5.65 Å². The third-order valence-corrected chi connectivity index (χ3v) is 2.63. The van der Waals surface area contributed by atoms with Crippen LogP contribution in [0.25, 0.3) is 5.65 Å². The van der Waals surface area contributed by atoms with E-state index < -0.39 is 0 Å². The Bertz CT molecular complexity index is 581. The van der Waals surface area contributed by atoms with E-state index in [9.17, 15) is 9.90 Å². The maximum absolute atomic E-state index is 11.7. The summed E-state index contributed by atoms with van der Waals surface area (Å²) in [6.07, 6.45) is 0.764. The maximum atomic E-state index is 11.7. The normalized spacial score (nSPS) is 11.5. The van der Waals surface area contributed by atoms with Gasteiger partial charge in [-0.3, -0.25) is 4.79 Å². The van der Waals surface area contributed by atoms with Crippen LogP contribution >= 0.6 is 0 Å². The van der Waals surface area contributed by atoms with Crippen molar-refractivity contribution in [2.75, 3.05) is 0 Å². The number of nitrogens with one attached hydrogen (secondary N) is 1. The average Bonchev–Trinajstić information content (AvgIpc) is 2.60. The van der Waals surface area contributed by atoms with Crippen molar-refractivity contribution in [1.82, 2.24) is 14.6 Å². The highest BCUT2D eigenvalue weighted by atomic mass is 16.3. The molecule has 2 heterocycles. The van der Waals surface area contributed by atoms with Crippen LogP contribution in [0, 0.1) is 0 Å². The van der Waals surface area contributed by atoms with E-state index in [1.165, 1.54) is 4.52 Å². The molecule has 5 heteroatoms. The minimum atomic E-state index is -0.248. The zero-order valence-corrected chi connectivity index (χ0v) is 9.61. The second kappa shape index (κ2) is 3.66. The molecular formula is C11H15N3O2. The Balaban J connectivity index is 2.81. The second-order valence-corrected chi connectivity index (χ2v) is 4.13. The predicted molar refractivity (Wildman–Crippen MR) is 60.9 cm³/mol. The first-order chi connectivity index (χ1) is 7.54. The number of H-pyrrole nitrogens is 1. The lowest BCUT2D eigenvalue weighted by atomic mass is 10.1. The summed E-state index contributed by atoms with van der Waals surface area (Å²) in [5, 5.41) is 14.2. The molecule has 86 valence electrons. The van der Waals surface area contributed by atoms with Gasteiger partial charge in [0.05, 0.1) is 11.3 Å². The molecule has 0 bridgehead atoms. The van der Waals surface area contributed by atoms with Crippen LogP contribution in [-0.2, 0) is 6.42 Å². The SMILES string of the molecule is CCc1cc2[nH]c(=O)c(C(C)C)c(O)n2n1. The van der Waals surface area contributed by atoms with Crippen molar-refractivity contribution < 1.29 is 5.11 Å². The van der Waals surface area contributed by atoms with Crippen LogP contribution in [0.1, 0.15) is 37.9 Å². The maximum Gasteiger partial charge on any atom is 0.258 e. The number of aromatic nitrogens is 3. The van der Waals surface area contributed by atoms with Crippen molar-refractivity contribution in [1.29, 1.82) is 0 Å². The molecule has 0 amide bonds. The van der Waals surface area contributed by atoms with Gasteiger partial charge in [-0.05, 0) is 12.3 Å². The third-order valence-electron chi connectivity index (χ3n) is 2.63. The largest absolute Gasteiger partial charge is 0.493 e. The van der Waals surface area contributed by atoms with Crippen LogP contribution < -0.4 is 5.56 Å². The van der Waals surface area contributed by atoms with Crippen LogP contribution in [0.4, 0.5) is 0 Å². The summed E-state index contributed by atoms with van der Waals surface area (Å²) in [5.41, 5.74) is 1.50. The zero-order valence-electron chi connectivity index (χ0n) is 9.61. The van der Waals surface area contributed by atoms with Gasteiger partial charge in [0.1, 0.15) is 5.65 Å². The van der Waals surface area contributed by atoms with E-state index in [4.69, 9.17) is 0 Å². The molecular weight excluding hydrogens is 206 g/mol. The predicted octanol–water partition coefficient (Wildman–Crippen LogP) is 1.41. The standard InChI is InChI=1S/C11H15N3O2/c1-4-7-5-8-12-10(15)9(6(2)3)11(16)14(8)13-7/h5-6,16H,4H2,1-3H3,(H,12,15). The minimum Gasteiger partial charge on any atom is -0.493 e. The smallest absolute Gasteiger partial charge is 0.258 e. The van der Waals surface area contributed by atoms with Crippen molar-refractivity contribution in [3.63, 3.8) is 0 Å². The fourth-order valence-electron chi connectivity index (χ4n) is 1.77. The average molecular weight is 221 g/mol. The molecule has 2 aromatic heterocycles. The summed E-state index contributed by atoms with van der Waals surface area (Å²) in [6, 6.07) is 1.77. The minimum absolute atomic E-state index is 0.0394. The number of aromatic hydroxyl groups is 1. The molecule has 2 N–H and O–H groups in total. The Morgan fingerprint density at radius 3 is 2.81 bits per heavy atom. The number of hydrogen-bond acceptors (Lipinski definition) is 3. The summed E-state index contributed by atoms with van der Waals surface area (Å²) in [5.74, 6) is -0.101. The molecule has 0 saturated heterocycles. The van der Waals surface area contributed by atoms with E-state index in [0.29, 0.717) is 11.2 Å². The Morgan fingerprint density at radius 1 is 1.56 bits per heavy atom. The third kappa shape index (κ3) is 1.48. The monoisotopic (exact) mass is 221 g/mol. The Labute approximate surface area is 92.7 Å². The van der Waals surface area contributed by atoms with Crippen molar-refractivity contribution in [2.24, 2.45) is 0 Å². The van der Waals surface area contributed by atoms with Crippen LogP contribution in [0.5, 0.6) is 5.88 Å². The lowest BCUT2D eigenvalue weighted by Crippen LogP contribution is -2.16. The first-order valence-electron chi connectivity index (χ1n) is 5.38. The van der Waals surface area contributed by atoms with Crippen LogP contribution in [0.2, 0.25) is 0 Å². The molecule has 16 heavy (non-hydrogen) atoms. The number of nitrogens with zero attached hydrogens (tertiary/aromatic N) is 2. The topological polar surface area (TPSA) is 70.4 Å². The van der Waals surface area contributed by atoms with Crippen LogP contribution in [-0.4, -0.2) is 19.7 Å². The highest BCUT2D eigenvalue weighted by Crippen LogP contribution is 2.21. The first kappa shape index (κ1) is 10.7. The molecule has 0 spiro atoms. The molecule has 2 aromatic rings. The van der Waals surface area contributed by atoms with Gasteiger partial charge in [-0.1, -0.05) is 20.8 Å². The van der Waals surface area contributed by atoms with Crippen LogP contribution in [0.15, 0.2) is 10.9 Å². The second-order valence-electron chi connectivity index (χ2n) is 4.13. The summed E-state index contributed by atoms with van der Waals surface area (Å²) >= 11 is 0.